The van der Waals surface area contributed by atoms with E-state index < -0.39 is 0 Å². The number of rotatable bonds is 9. The molecule has 0 bridgehead atoms. The van der Waals surface area contributed by atoms with E-state index in [1.54, 1.807) is 6.92 Å². The number of carbonyl (C=O) groups excluding carboxylic acids is 1. The van der Waals surface area contributed by atoms with E-state index in [0.29, 0.717) is 0 Å². The van der Waals surface area contributed by atoms with E-state index in [1.165, 1.54) is 34.9 Å². The zero-order chi connectivity index (χ0) is 15.4. The molecule has 0 spiro atoms. The van der Waals surface area contributed by atoms with Gasteiger partial charge in [0.05, 0.1) is 0 Å². The van der Waals surface area contributed by atoms with Gasteiger partial charge in [0, 0.05) is 12.7 Å². The molecule has 0 unspecified atom stereocenters. The summed E-state index contributed by atoms with van der Waals surface area (Å²) in [6.07, 6.45) is 12.5. The molecule has 0 saturated heterocycles. The Morgan fingerprint density at radius 2 is 1.30 bits per heavy atom. The van der Waals surface area contributed by atoms with Gasteiger partial charge in [0.25, 0.3) is 0 Å². The van der Waals surface area contributed by atoms with Crippen LogP contribution >= 0.6 is 11.8 Å². The van der Waals surface area contributed by atoms with Crippen molar-refractivity contribution < 1.29 is 4.79 Å². The second-order valence-corrected chi connectivity index (χ2v) is 6.86. The number of hydrogen-bond acceptors (Lipinski definition) is 2. The Balaban J connectivity index is 3.82. The normalized spacial score (nSPS) is 12.4. The van der Waals surface area contributed by atoms with Crippen LogP contribution in [0.15, 0.2) is 34.9 Å². The summed E-state index contributed by atoms with van der Waals surface area (Å²) in [6.45, 7) is 10.3. The first-order chi connectivity index (χ1) is 9.41. The maximum atomic E-state index is 10.8. The van der Waals surface area contributed by atoms with Gasteiger partial charge in [-0.15, -0.1) is 0 Å². The predicted molar refractivity (Wildman–Crippen MR) is 93.2 cm³/mol. The molecule has 0 aliphatic rings. The van der Waals surface area contributed by atoms with Crippen molar-refractivity contribution >= 4 is 16.9 Å². The van der Waals surface area contributed by atoms with Crippen molar-refractivity contribution in [2.24, 2.45) is 0 Å². The lowest BCUT2D eigenvalue weighted by Gasteiger charge is -2.01. The van der Waals surface area contributed by atoms with Crippen LogP contribution in [0.5, 0.6) is 0 Å². The smallest absolute Gasteiger partial charge is 0.185 e. The lowest BCUT2D eigenvalue weighted by molar-refractivity contribution is -0.109. The van der Waals surface area contributed by atoms with Crippen LogP contribution in [0.1, 0.15) is 66.7 Å². The van der Waals surface area contributed by atoms with Gasteiger partial charge < -0.3 is 0 Å². The van der Waals surface area contributed by atoms with Gasteiger partial charge in [0.15, 0.2) is 5.12 Å². The lowest BCUT2D eigenvalue weighted by Crippen LogP contribution is -1.85. The molecule has 0 aromatic heterocycles. The minimum absolute atomic E-state index is 0.214. The molecule has 0 aliphatic carbocycles. The second-order valence-electron chi connectivity index (χ2n) is 5.59. The molecule has 20 heavy (non-hydrogen) atoms. The fourth-order valence-corrected chi connectivity index (χ4v) is 2.37. The van der Waals surface area contributed by atoms with E-state index in [4.69, 9.17) is 0 Å². The SMILES string of the molecule is CC(=O)SCC/C=C(\C)CC/C=C(\C)CCC=C(C)C. The first-order valence-corrected chi connectivity index (χ1v) is 8.48. The van der Waals surface area contributed by atoms with Gasteiger partial charge in [0.1, 0.15) is 0 Å². The van der Waals surface area contributed by atoms with Crippen molar-refractivity contribution in [3.8, 4) is 0 Å². The third kappa shape index (κ3) is 13.7. The standard InChI is InChI=1S/C18H30OS/c1-15(2)9-6-10-16(3)11-7-12-17(4)13-8-14-20-18(5)19/h9,11,13H,6-8,10,12,14H2,1-5H3/b16-11+,17-13+. The Morgan fingerprint density at radius 1 is 0.800 bits per heavy atom. The fraction of sp³-hybridized carbons (Fsp3) is 0.611. The molecule has 0 aromatic rings. The summed E-state index contributed by atoms with van der Waals surface area (Å²) < 4.78 is 0. The number of hydrogen-bond donors (Lipinski definition) is 0. The number of carbonyl (C=O) groups is 1. The molecule has 0 atom stereocenters. The molecular weight excluding hydrogens is 264 g/mol. The Labute approximate surface area is 129 Å². The van der Waals surface area contributed by atoms with E-state index in [-0.39, 0.29) is 5.12 Å². The molecule has 0 fully saturated rings. The summed E-state index contributed by atoms with van der Waals surface area (Å²) in [4.78, 5) is 10.8. The van der Waals surface area contributed by atoms with Gasteiger partial charge in [-0.1, -0.05) is 46.7 Å². The largest absolute Gasteiger partial charge is 0.288 e. The van der Waals surface area contributed by atoms with Gasteiger partial charge >= 0.3 is 0 Å². The molecule has 0 aliphatic heterocycles. The minimum atomic E-state index is 0.214. The van der Waals surface area contributed by atoms with Crippen LogP contribution in [0, 0.1) is 0 Å². The lowest BCUT2D eigenvalue weighted by atomic mass is 10.1. The van der Waals surface area contributed by atoms with Crippen molar-refractivity contribution in [2.45, 2.75) is 66.7 Å². The topological polar surface area (TPSA) is 17.1 Å². The summed E-state index contributed by atoms with van der Waals surface area (Å²) in [5.41, 5.74) is 4.32. The van der Waals surface area contributed by atoms with Crippen LogP contribution in [-0.2, 0) is 4.79 Å². The van der Waals surface area contributed by atoms with E-state index >= 15 is 0 Å². The Kier molecular flexibility index (Phi) is 11.6. The molecule has 0 N–H and O–H groups in total. The molecular formula is C18H30OS. The number of thioether (sulfide) groups is 1. The summed E-state index contributed by atoms with van der Waals surface area (Å²) in [7, 11) is 0. The predicted octanol–water partition coefficient (Wildman–Crippen LogP) is 6.08. The van der Waals surface area contributed by atoms with Gasteiger partial charge in [-0.05, 0) is 59.8 Å². The van der Waals surface area contributed by atoms with E-state index in [9.17, 15) is 4.79 Å². The highest BCUT2D eigenvalue weighted by Crippen LogP contribution is 2.12. The molecule has 114 valence electrons. The van der Waals surface area contributed by atoms with Crippen LogP contribution in [0.2, 0.25) is 0 Å². The maximum Gasteiger partial charge on any atom is 0.185 e. The average molecular weight is 295 g/mol. The Bertz CT molecular complexity index is 371. The highest BCUT2D eigenvalue weighted by molar-refractivity contribution is 8.13. The molecule has 0 rings (SSSR count). The third-order valence-electron chi connectivity index (χ3n) is 3.04. The summed E-state index contributed by atoms with van der Waals surface area (Å²) in [5.74, 6) is 0.907. The second kappa shape index (κ2) is 12.0. The van der Waals surface area contributed by atoms with Crippen molar-refractivity contribution in [1.29, 1.82) is 0 Å². The molecule has 0 amide bonds. The average Bonchev–Trinajstić information content (AvgIpc) is 2.34. The first kappa shape index (κ1) is 19.2. The van der Waals surface area contributed by atoms with Crippen LogP contribution in [0.4, 0.5) is 0 Å². The van der Waals surface area contributed by atoms with Crippen molar-refractivity contribution in [2.75, 3.05) is 5.75 Å². The van der Waals surface area contributed by atoms with E-state index in [2.05, 4.69) is 45.9 Å². The zero-order valence-electron chi connectivity index (χ0n) is 13.8. The van der Waals surface area contributed by atoms with Crippen molar-refractivity contribution in [1.82, 2.24) is 0 Å². The monoisotopic (exact) mass is 294 g/mol. The van der Waals surface area contributed by atoms with Crippen molar-refractivity contribution in [3.05, 3.63) is 34.9 Å². The van der Waals surface area contributed by atoms with Gasteiger partial charge in [-0.2, -0.15) is 0 Å². The number of allylic oxidation sites excluding steroid dienone is 6. The zero-order valence-corrected chi connectivity index (χ0v) is 14.6. The van der Waals surface area contributed by atoms with Crippen LogP contribution in [0.25, 0.3) is 0 Å². The molecule has 2 heteroatoms. The summed E-state index contributed by atoms with van der Waals surface area (Å²) >= 11 is 1.41. The van der Waals surface area contributed by atoms with Gasteiger partial charge in [-0.3, -0.25) is 4.79 Å². The minimum Gasteiger partial charge on any atom is -0.288 e. The van der Waals surface area contributed by atoms with Crippen LogP contribution < -0.4 is 0 Å². The van der Waals surface area contributed by atoms with E-state index in [1.807, 2.05) is 0 Å². The third-order valence-corrected chi connectivity index (χ3v) is 3.89. The molecule has 0 radical (unpaired) electrons. The molecule has 0 saturated carbocycles. The molecule has 0 aromatic carbocycles. The highest BCUT2D eigenvalue weighted by Gasteiger charge is 1.94. The Hall–Kier alpha value is -0.760. The highest BCUT2D eigenvalue weighted by atomic mass is 32.2. The van der Waals surface area contributed by atoms with Gasteiger partial charge in [-0.25, -0.2) is 0 Å². The van der Waals surface area contributed by atoms with E-state index in [0.717, 1.165) is 31.4 Å². The summed E-state index contributed by atoms with van der Waals surface area (Å²) in [5, 5.41) is 0.214. The molecule has 0 heterocycles. The van der Waals surface area contributed by atoms with Crippen LogP contribution in [-0.4, -0.2) is 10.9 Å². The van der Waals surface area contributed by atoms with Crippen molar-refractivity contribution in [3.63, 3.8) is 0 Å². The quantitative estimate of drug-likeness (QED) is 0.379. The maximum absolute atomic E-state index is 10.8. The first-order valence-electron chi connectivity index (χ1n) is 7.49. The molecule has 1 nitrogen and oxygen atoms in total. The fourth-order valence-electron chi connectivity index (χ4n) is 1.85. The van der Waals surface area contributed by atoms with Gasteiger partial charge in [0.2, 0.25) is 0 Å². The van der Waals surface area contributed by atoms with Crippen LogP contribution in [0.3, 0.4) is 0 Å². The summed E-state index contributed by atoms with van der Waals surface area (Å²) in [6, 6.07) is 0. The Morgan fingerprint density at radius 3 is 1.80 bits per heavy atom.